The van der Waals surface area contributed by atoms with Crippen LogP contribution in [0.5, 0.6) is 0 Å². The number of nitrogens with one attached hydrogen (secondary N) is 1. The molecule has 1 heterocycles. The first kappa shape index (κ1) is 13.7. The Bertz CT molecular complexity index is 196. The lowest BCUT2D eigenvalue weighted by Gasteiger charge is -2.23. The minimum Gasteiger partial charge on any atom is -0.372 e. The van der Waals surface area contributed by atoms with Crippen LogP contribution in [0.3, 0.4) is 0 Å². The lowest BCUT2D eigenvalue weighted by molar-refractivity contribution is 0.0263. The summed E-state index contributed by atoms with van der Waals surface area (Å²) in [5, 5.41) is 3.18. The Morgan fingerprint density at radius 3 is 2.81 bits per heavy atom. The van der Waals surface area contributed by atoms with Crippen molar-refractivity contribution >= 4 is 0 Å². The first-order chi connectivity index (χ1) is 7.80. The normalized spacial score (nSPS) is 25.2. The predicted octanol–water partition coefficient (Wildman–Crippen LogP) is 1.65. The molecular formula is C13H26N2O. The van der Waals surface area contributed by atoms with Gasteiger partial charge in [0, 0.05) is 19.6 Å². The fourth-order valence-corrected chi connectivity index (χ4v) is 2.34. The molecule has 1 saturated heterocycles. The Morgan fingerprint density at radius 1 is 1.44 bits per heavy atom. The average Bonchev–Trinajstić information content (AvgIpc) is 2.67. The Balaban J connectivity index is 2.27. The van der Waals surface area contributed by atoms with Crippen LogP contribution in [0.15, 0.2) is 12.7 Å². The predicted molar refractivity (Wildman–Crippen MR) is 68.7 cm³/mol. The molecule has 94 valence electrons. The van der Waals surface area contributed by atoms with Crippen LogP contribution in [0, 0.1) is 0 Å². The molecule has 0 spiro atoms. The Kier molecular flexibility index (Phi) is 6.69. The maximum absolute atomic E-state index is 5.99. The van der Waals surface area contributed by atoms with Crippen molar-refractivity contribution < 1.29 is 4.74 Å². The lowest BCUT2D eigenvalue weighted by Crippen LogP contribution is -2.34. The van der Waals surface area contributed by atoms with Crippen LogP contribution < -0.4 is 5.32 Å². The molecule has 0 aromatic carbocycles. The molecule has 1 aliphatic heterocycles. The summed E-state index contributed by atoms with van der Waals surface area (Å²) >= 11 is 0. The van der Waals surface area contributed by atoms with Crippen LogP contribution in [0.2, 0.25) is 0 Å². The van der Waals surface area contributed by atoms with E-state index < -0.39 is 0 Å². The van der Waals surface area contributed by atoms with E-state index in [1.165, 1.54) is 19.3 Å². The van der Waals surface area contributed by atoms with E-state index in [-0.39, 0.29) is 0 Å². The molecular weight excluding hydrogens is 200 g/mol. The van der Waals surface area contributed by atoms with E-state index in [1.54, 1.807) is 0 Å². The average molecular weight is 226 g/mol. The molecule has 0 aromatic rings. The summed E-state index contributed by atoms with van der Waals surface area (Å²) in [6.45, 7) is 10.2. The molecule has 1 rings (SSSR count). The van der Waals surface area contributed by atoms with Gasteiger partial charge in [-0.2, -0.15) is 0 Å². The minimum atomic E-state index is 0.419. The van der Waals surface area contributed by atoms with Crippen LogP contribution in [0.25, 0.3) is 0 Å². The van der Waals surface area contributed by atoms with E-state index in [9.17, 15) is 0 Å². The highest BCUT2D eigenvalue weighted by Crippen LogP contribution is 2.20. The highest BCUT2D eigenvalue weighted by atomic mass is 16.5. The van der Waals surface area contributed by atoms with Crippen LogP contribution in [-0.4, -0.2) is 50.3 Å². The monoisotopic (exact) mass is 226 g/mol. The third-order valence-corrected chi connectivity index (χ3v) is 3.02. The van der Waals surface area contributed by atoms with Gasteiger partial charge in [-0.15, -0.1) is 6.58 Å². The molecule has 16 heavy (non-hydrogen) atoms. The van der Waals surface area contributed by atoms with Crippen molar-refractivity contribution in [3.05, 3.63) is 12.7 Å². The van der Waals surface area contributed by atoms with Crippen molar-refractivity contribution in [1.82, 2.24) is 10.2 Å². The van der Waals surface area contributed by atoms with Gasteiger partial charge >= 0.3 is 0 Å². The van der Waals surface area contributed by atoms with Gasteiger partial charge in [-0.05, 0) is 32.9 Å². The summed E-state index contributed by atoms with van der Waals surface area (Å²) in [7, 11) is 1.98. The van der Waals surface area contributed by atoms with Gasteiger partial charge < -0.3 is 10.1 Å². The standard InChI is InChI=1S/C13H26N2O/c1-4-8-15(9-5-2)11-13-7-6-12(16-13)10-14-3/h4,12-14H,1,5-11H2,2-3H3. The summed E-state index contributed by atoms with van der Waals surface area (Å²) < 4.78 is 5.99. The fraction of sp³-hybridized carbons (Fsp3) is 0.846. The molecule has 2 unspecified atom stereocenters. The van der Waals surface area contributed by atoms with Crippen molar-refractivity contribution in [3.63, 3.8) is 0 Å². The van der Waals surface area contributed by atoms with Crippen molar-refractivity contribution in [1.29, 1.82) is 0 Å². The molecule has 1 aliphatic rings. The molecule has 3 heteroatoms. The van der Waals surface area contributed by atoms with Gasteiger partial charge in [-0.25, -0.2) is 0 Å². The summed E-state index contributed by atoms with van der Waals surface area (Å²) in [5.41, 5.74) is 0. The van der Waals surface area contributed by atoms with Crippen LogP contribution in [0.1, 0.15) is 26.2 Å². The molecule has 0 saturated carbocycles. The fourth-order valence-electron chi connectivity index (χ4n) is 2.34. The van der Waals surface area contributed by atoms with Gasteiger partial charge in [0.25, 0.3) is 0 Å². The van der Waals surface area contributed by atoms with Gasteiger partial charge in [0.05, 0.1) is 12.2 Å². The summed E-state index contributed by atoms with van der Waals surface area (Å²) in [4.78, 5) is 2.43. The van der Waals surface area contributed by atoms with Crippen LogP contribution in [0.4, 0.5) is 0 Å². The zero-order valence-electron chi connectivity index (χ0n) is 10.7. The number of hydrogen-bond donors (Lipinski definition) is 1. The zero-order chi connectivity index (χ0) is 11.8. The maximum atomic E-state index is 5.99. The molecule has 1 fully saturated rings. The molecule has 0 amide bonds. The van der Waals surface area contributed by atoms with Crippen molar-refractivity contribution in [2.24, 2.45) is 0 Å². The third kappa shape index (κ3) is 4.64. The molecule has 0 radical (unpaired) electrons. The molecule has 1 N–H and O–H groups in total. The highest BCUT2D eigenvalue weighted by molar-refractivity contribution is 4.80. The quantitative estimate of drug-likeness (QED) is 0.637. The van der Waals surface area contributed by atoms with Crippen molar-refractivity contribution in [2.75, 3.05) is 33.2 Å². The Labute approximate surface area is 99.8 Å². The van der Waals surface area contributed by atoms with E-state index >= 15 is 0 Å². The summed E-state index contributed by atoms with van der Waals surface area (Å²) in [6.07, 6.45) is 6.41. The van der Waals surface area contributed by atoms with Gasteiger partial charge in [-0.1, -0.05) is 13.0 Å². The van der Waals surface area contributed by atoms with E-state index in [1.807, 2.05) is 13.1 Å². The second-order valence-corrected chi connectivity index (χ2v) is 4.56. The molecule has 0 aromatic heterocycles. The maximum Gasteiger partial charge on any atom is 0.0707 e. The number of rotatable bonds is 8. The molecule has 0 bridgehead atoms. The van der Waals surface area contributed by atoms with Gasteiger partial charge in [-0.3, -0.25) is 4.90 Å². The van der Waals surface area contributed by atoms with Gasteiger partial charge in [0.2, 0.25) is 0 Å². The zero-order valence-corrected chi connectivity index (χ0v) is 10.7. The third-order valence-electron chi connectivity index (χ3n) is 3.02. The van der Waals surface area contributed by atoms with Gasteiger partial charge in [0.15, 0.2) is 0 Å². The first-order valence-corrected chi connectivity index (χ1v) is 6.43. The van der Waals surface area contributed by atoms with E-state index in [4.69, 9.17) is 4.74 Å². The summed E-state index contributed by atoms with van der Waals surface area (Å²) in [6, 6.07) is 0. The second-order valence-electron chi connectivity index (χ2n) is 4.56. The Hall–Kier alpha value is -0.380. The highest BCUT2D eigenvalue weighted by Gasteiger charge is 2.25. The van der Waals surface area contributed by atoms with E-state index in [0.717, 1.165) is 26.2 Å². The topological polar surface area (TPSA) is 24.5 Å². The molecule has 3 nitrogen and oxygen atoms in total. The van der Waals surface area contributed by atoms with Crippen LogP contribution in [-0.2, 0) is 4.74 Å². The lowest BCUT2D eigenvalue weighted by atomic mass is 10.2. The van der Waals surface area contributed by atoms with Crippen molar-refractivity contribution in [3.8, 4) is 0 Å². The smallest absolute Gasteiger partial charge is 0.0707 e. The molecule has 0 aliphatic carbocycles. The first-order valence-electron chi connectivity index (χ1n) is 6.43. The summed E-state index contributed by atoms with van der Waals surface area (Å²) in [5.74, 6) is 0. The molecule has 2 atom stereocenters. The van der Waals surface area contributed by atoms with E-state index in [0.29, 0.717) is 12.2 Å². The number of nitrogens with zero attached hydrogens (tertiary/aromatic N) is 1. The van der Waals surface area contributed by atoms with Crippen molar-refractivity contribution in [2.45, 2.75) is 38.4 Å². The second kappa shape index (κ2) is 7.82. The Morgan fingerprint density at radius 2 is 2.19 bits per heavy atom. The number of hydrogen-bond acceptors (Lipinski definition) is 3. The van der Waals surface area contributed by atoms with Crippen LogP contribution >= 0.6 is 0 Å². The number of ether oxygens (including phenoxy) is 1. The largest absolute Gasteiger partial charge is 0.372 e. The number of likely N-dealkylation sites (N-methyl/N-ethyl adjacent to an activating group) is 1. The minimum absolute atomic E-state index is 0.419. The van der Waals surface area contributed by atoms with E-state index in [2.05, 4.69) is 23.7 Å². The SMILES string of the molecule is C=CCN(CCC)CC1CCC(CNC)O1. The van der Waals surface area contributed by atoms with Gasteiger partial charge in [0.1, 0.15) is 0 Å².